The van der Waals surface area contributed by atoms with Crippen LogP contribution in [0.5, 0.6) is 0 Å². The number of β-amino-alcohol motifs (C(OH)–C–C–N with tert-alkyl or cyclic N) is 1. The normalized spacial score (nSPS) is 16.8. The minimum absolute atomic E-state index is 0.177. The molecule has 1 amide bonds. The summed E-state index contributed by atoms with van der Waals surface area (Å²) in [5.74, 6) is -0.177. The number of carbonyl (C=O) groups excluding carboxylic acids is 1. The van der Waals surface area contributed by atoms with Crippen LogP contribution in [0, 0.1) is 0 Å². The van der Waals surface area contributed by atoms with Gasteiger partial charge in [-0.3, -0.25) is 4.79 Å². The second-order valence-electron chi connectivity index (χ2n) is 5.65. The summed E-state index contributed by atoms with van der Waals surface area (Å²) in [4.78, 5) is 18.2. The summed E-state index contributed by atoms with van der Waals surface area (Å²) in [7, 11) is 0. The molecule has 1 fully saturated rings. The summed E-state index contributed by atoms with van der Waals surface area (Å²) >= 11 is 6.15. The Morgan fingerprint density at radius 1 is 1.43 bits per heavy atom. The van der Waals surface area contributed by atoms with Gasteiger partial charge < -0.3 is 10.0 Å². The number of hydrogen-bond donors (Lipinski definition) is 1. The van der Waals surface area contributed by atoms with Crippen LogP contribution in [-0.4, -0.2) is 39.6 Å². The van der Waals surface area contributed by atoms with Gasteiger partial charge in [0, 0.05) is 5.39 Å². The summed E-state index contributed by atoms with van der Waals surface area (Å²) in [5, 5.41) is 12.2. The number of likely N-dealkylation sites (tertiary alicyclic amines) is 1. The van der Waals surface area contributed by atoms with Crippen LogP contribution in [-0.2, 0) is 0 Å². The Labute approximate surface area is 128 Å². The van der Waals surface area contributed by atoms with Crippen molar-refractivity contribution in [2.45, 2.75) is 25.4 Å². The molecule has 110 valence electrons. The van der Waals surface area contributed by atoms with E-state index in [9.17, 15) is 9.90 Å². The highest BCUT2D eigenvalue weighted by molar-refractivity contribution is 6.34. The largest absolute Gasteiger partial charge is 0.386 e. The van der Waals surface area contributed by atoms with Crippen molar-refractivity contribution in [3.63, 3.8) is 0 Å². The molecule has 0 aliphatic carbocycles. The summed E-state index contributed by atoms with van der Waals surface area (Å²) in [5.41, 5.74) is -0.400. The van der Waals surface area contributed by atoms with Gasteiger partial charge in [-0.05, 0) is 17.9 Å². The third kappa shape index (κ3) is 2.61. The Balaban J connectivity index is 1.83. The van der Waals surface area contributed by atoms with Gasteiger partial charge in [0.25, 0.3) is 5.91 Å². The van der Waals surface area contributed by atoms with Crippen LogP contribution in [0.2, 0.25) is 5.15 Å². The van der Waals surface area contributed by atoms with Crippen molar-refractivity contribution < 1.29 is 9.90 Å². The van der Waals surface area contributed by atoms with Crippen LogP contribution in [0.1, 0.15) is 30.3 Å². The molecule has 1 N–H and O–H groups in total. The van der Waals surface area contributed by atoms with Gasteiger partial charge in [0.2, 0.25) is 0 Å². The number of amides is 1. The molecule has 0 spiro atoms. The van der Waals surface area contributed by atoms with Crippen LogP contribution in [0.25, 0.3) is 10.8 Å². The molecule has 1 saturated heterocycles. The summed E-state index contributed by atoms with van der Waals surface area (Å²) in [6, 6.07) is 9.32. The lowest BCUT2D eigenvalue weighted by Crippen LogP contribution is -2.63. The minimum atomic E-state index is -0.731. The molecule has 21 heavy (non-hydrogen) atoms. The van der Waals surface area contributed by atoms with Crippen LogP contribution in [0.15, 0.2) is 30.3 Å². The zero-order valence-electron chi connectivity index (χ0n) is 11.8. The predicted molar refractivity (Wildman–Crippen MR) is 82.5 cm³/mol. The molecule has 1 aliphatic rings. The first-order valence-corrected chi connectivity index (χ1v) is 7.47. The number of aliphatic hydroxyl groups is 1. The van der Waals surface area contributed by atoms with Crippen LogP contribution < -0.4 is 0 Å². The van der Waals surface area contributed by atoms with Gasteiger partial charge in [0.1, 0.15) is 10.8 Å². The Morgan fingerprint density at radius 3 is 2.86 bits per heavy atom. The van der Waals surface area contributed by atoms with Gasteiger partial charge in [0.15, 0.2) is 0 Å². The predicted octanol–water partition coefficient (Wildman–Crippen LogP) is 2.88. The van der Waals surface area contributed by atoms with Crippen molar-refractivity contribution in [2.75, 3.05) is 13.1 Å². The number of nitrogens with zero attached hydrogens (tertiary/aromatic N) is 2. The maximum absolute atomic E-state index is 12.4. The van der Waals surface area contributed by atoms with Crippen molar-refractivity contribution in [1.82, 2.24) is 9.88 Å². The van der Waals surface area contributed by atoms with Gasteiger partial charge in [-0.15, -0.1) is 0 Å². The fourth-order valence-electron chi connectivity index (χ4n) is 2.86. The molecule has 4 nitrogen and oxygen atoms in total. The molecule has 1 aromatic heterocycles. The molecule has 2 heterocycles. The lowest BCUT2D eigenvalue weighted by molar-refractivity contribution is -0.0861. The first-order valence-electron chi connectivity index (χ1n) is 7.09. The lowest BCUT2D eigenvalue weighted by Gasteiger charge is -2.46. The van der Waals surface area contributed by atoms with Gasteiger partial charge >= 0.3 is 0 Å². The SMILES string of the molecule is CCCC1(O)CN(C(=O)c2cc3ccccc3c(Cl)n2)C1. The maximum atomic E-state index is 12.4. The molecule has 0 radical (unpaired) electrons. The third-order valence-corrected chi connectivity index (χ3v) is 4.17. The Kier molecular flexibility index (Phi) is 3.59. The Morgan fingerprint density at radius 2 is 2.14 bits per heavy atom. The van der Waals surface area contributed by atoms with Crippen molar-refractivity contribution >= 4 is 28.3 Å². The fraction of sp³-hybridized carbons (Fsp3) is 0.375. The molecule has 5 heteroatoms. The Bertz CT molecular complexity index is 696. The maximum Gasteiger partial charge on any atom is 0.272 e. The smallest absolute Gasteiger partial charge is 0.272 e. The topological polar surface area (TPSA) is 53.4 Å². The van der Waals surface area contributed by atoms with Crippen molar-refractivity contribution in [3.05, 3.63) is 41.2 Å². The van der Waals surface area contributed by atoms with Crippen molar-refractivity contribution in [1.29, 1.82) is 0 Å². The first-order chi connectivity index (χ1) is 10.0. The van der Waals surface area contributed by atoms with E-state index in [4.69, 9.17) is 11.6 Å². The Hall–Kier alpha value is -1.65. The second kappa shape index (κ2) is 5.28. The van der Waals surface area contributed by atoms with E-state index >= 15 is 0 Å². The van der Waals surface area contributed by atoms with Gasteiger partial charge in [-0.2, -0.15) is 0 Å². The highest BCUT2D eigenvalue weighted by Crippen LogP contribution is 2.28. The zero-order chi connectivity index (χ0) is 15.0. The average molecular weight is 305 g/mol. The standard InChI is InChI=1S/C16H17ClN2O2/c1-2-7-16(21)9-19(10-16)15(20)13-8-11-5-3-4-6-12(11)14(17)18-13/h3-6,8,21H,2,7,9-10H2,1H3. The van der Waals surface area contributed by atoms with Gasteiger partial charge in [-0.25, -0.2) is 4.98 Å². The fourth-order valence-corrected chi connectivity index (χ4v) is 3.12. The number of fused-ring (bicyclic) bond motifs is 1. The highest BCUT2D eigenvalue weighted by Gasteiger charge is 2.43. The van der Waals surface area contributed by atoms with Crippen LogP contribution in [0.3, 0.4) is 0 Å². The van der Waals surface area contributed by atoms with Gasteiger partial charge in [0.05, 0.1) is 18.7 Å². The van der Waals surface area contributed by atoms with E-state index in [1.807, 2.05) is 31.2 Å². The van der Waals surface area contributed by atoms with Gasteiger partial charge in [-0.1, -0.05) is 49.2 Å². The number of carbonyl (C=O) groups is 1. The monoisotopic (exact) mass is 304 g/mol. The summed E-state index contributed by atoms with van der Waals surface area (Å²) in [6.45, 7) is 2.75. The van der Waals surface area contributed by atoms with E-state index in [2.05, 4.69) is 4.98 Å². The van der Waals surface area contributed by atoms with E-state index in [1.165, 1.54) is 0 Å². The molecule has 2 aromatic rings. The first kappa shape index (κ1) is 14.3. The molecule has 3 rings (SSSR count). The number of hydrogen-bond acceptors (Lipinski definition) is 3. The zero-order valence-corrected chi connectivity index (χ0v) is 12.6. The molecule has 1 aliphatic heterocycles. The van der Waals surface area contributed by atoms with E-state index in [-0.39, 0.29) is 5.91 Å². The third-order valence-electron chi connectivity index (χ3n) is 3.89. The molecule has 0 bridgehead atoms. The van der Waals surface area contributed by atoms with Crippen LogP contribution in [0.4, 0.5) is 0 Å². The minimum Gasteiger partial charge on any atom is -0.386 e. The molecule has 0 unspecified atom stereocenters. The van der Waals surface area contributed by atoms with Crippen LogP contribution >= 0.6 is 11.6 Å². The number of benzene rings is 1. The number of rotatable bonds is 3. The molecule has 0 saturated carbocycles. The van der Waals surface area contributed by atoms with E-state index in [0.29, 0.717) is 30.4 Å². The van der Waals surface area contributed by atoms with E-state index in [0.717, 1.165) is 17.2 Å². The molecule has 0 atom stereocenters. The highest BCUT2D eigenvalue weighted by atomic mass is 35.5. The number of pyridine rings is 1. The second-order valence-corrected chi connectivity index (χ2v) is 6.01. The quantitative estimate of drug-likeness (QED) is 0.887. The van der Waals surface area contributed by atoms with E-state index in [1.54, 1.807) is 11.0 Å². The average Bonchev–Trinajstić information content (AvgIpc) is 2.44. The van der Waals surface area contributed by atoms with Crippen molar-refractivity contribution in [3.8, 4) is 0 Å². The van der Waals surface area contributed by atoms with E-state index < -0.39 is 5.60 Å². The van der Waals surface area contributed by atoms with Crippen molar-refractivity contribution in [2.24, 2.45) is 0 Å². The molecule has 1 aromatic carbocycles. The number of aromatic nitrogens is 1. The number of halogens is 1. The molecular weight excluding hydrogens is 288 g/mol. The molecular formula is C16H17ClN2O2. The summed E-state index contributed by atoms with van der Waals surface area (Å²) in [6.07, 6.45) is 1.61. The summed E-state index contributed by atoms with van der Waals surface area (Å²) < 4.78 is 0. The lowest BCUT2D eigenvalue weighted by atomic mass is 9.89.